The Labute approximate surface area is 141 Å². The molecule has 0 saturated carbocycles. The highest BCUT2D eigenvalue weighted by atomic mass is 35.5. The van der Waals surface area contributed by atoms with Crippen molar-refractivity contribution in [2.24, 2.45) is 0 Å². The SMILES string of the molecule is O=C1CN(CCC[n+]2cc[nH]c2)CCN1Cc1ccc(Cl)cc1. The first kappa shape index (κ1) is 16.0. The molecule has 2 heterocycles. The van der Waals surface area contributed by atoms with Crippen LogP contribution >= 0.6 is 11.6 Å². The molecule has 1 aliphatic rings. The summed E-state index contributed by atoms with van der Waals surface area (Å²) in [6, 6.07) is 7.71. The second kappa shape index (κ2) is 7.62. The minimum absolute atomic E-state index is 0.209. The average Bonchev–Trinajstić information content (AvgIpc) is 3.05. The summed E-state index contributed by atoms with van der Waals surface area (Å²) in [7, 11) is 0. The molecule has 0 atom stereocenters. The van der Waals surface area contributed by atoms with Crippen LogP contribution in [-0.2, 0) is 17.9 Å². The third kappa shape index (κ3) is 4.56. The number of amides is 1. The number of halogens is 1. The summed E-state index contributed by atoms with van der Waals surface area (Å²) in [5.41, 5.74) is 1.13. The van der Waals surface area contributed by atoms with Crippen LogP contribution in [0.15, 0.2) is 43.0 Å². The van der Waals surface area contributed by atoms with Crippen LogP contribution in [-0.4, -0.2) is 46.9 Å². The van der Waals surface area contributed by atoms with Gasteiger partial charge < -0.3 is 4.90 Å². The van der Waals surface area contributed by atoms with Crippen LogP contribution in [0.1, 0.15) is 12.0 Å². The normalized spacial score (nSPS) is 16.0. The Morgan fingerprint density at radius 2 is 2.04 bits per heavy atom. The zero-order valence-corrected chi connectivity index (χ0v) is 13.9. The molecule has 23 heavy (non-hydrogen) atoms. The molecule has 3 rings (SSSR count). The van der Waals surface area contributed by atoms with E-state index in [1.165, 1.54) is 0 Å². The minimum Gasteiger partial charge on any atom is -0.336 e. The van der Waals surface area contributed by atoms with Crippen LogP contribution in [0, 0.1) is 0 Å². The molecule has 1 aliphatic heterocycles. The molecule has 5 nitrogen and oxygen atoms in total. The fourth-order valence-corrected chi connectivity index (χ4v) is 2.99. The highest BCUT2D eigenvalue weighted by Crippen LogP contribution is 2.13. The van der Waals surface area contributed by atoms with Crippen molar-refractivity contribution >= 4 is 17.5 Å². The molecule has 6 heteroatoms. The topological polar surface area (TPSA) is 43.2 Å². The van der Waals surface area contributed by atoms with Crippen LogP contribution < -0.4 is 4.57 Å². The van der Waals surface area contributed by atoms with Crippen LogP contribution in [0.25, 0.3) is 0 Å². The van der Waals surface area contributed by atoms with Crippen molar-refractivity contribution in [1.29, 1.82) is 0 Å². The molecule has 1 fully saturated rings. The maximum atomic E-state index is 12.3. The molecule has 122 valence electrons. The number of aromatic amines is 1. The average molecular weight is 334 g/mol. The lowest BCUT2D eigenvalue weighted by Crippen LogP contribution is -2.50. The van der Waals surface area contributed by atoms with E-state index < -0.39 is 0 Å². The van der Waals surface area contributed by atoms with Gasteiger partial charge in [0.05, 0.1) is 13.1 Å². The van der Waals surface area contributed by atoms with E-state index in [1.54, 1.807) is 0 Å². The Morgan fingerprint density at radius 1 is 1.22 bits per heavy atom. The molecule has 1 aromatic carbocycles. The molecule has 2 aromatic rings. The van der Waals surface area contributed by atoms with Crippen LogP contribution in [0.2, 0.25) is 5.02 Å². The highest BCUT2D eigenvalue weighted by molar-refractivity contribution is 6.30. The Balaban J connectivity index is 1.43. The molecule has 1 N–H and O–H groups in total. The number of carbonyl (C=O) groups excluding carboxylic acids is 1. The Hall–Kier alpha value is -1.85. The lowest BCUT2D eigenvalue weighted by molar-refractivity contribution is -0.696. The van der Waals surface area contributed by atoms with Gasteiger partial charge in [-0.05, 0) is 24.1 Å². The van der Waals surface area contributed by atoms with Gasteiger partial charge in [0.1, 0.15) is 12.4 Å². The van der Waals surface area contributed by atoms with Gasteiger partial charge in [0.2, 0.25) is 12.2 Å². The fraction of sp³-hybridized carbons (Fsp3) is 0.412. The lowest BCUT2D eigenvalue weighted by atomic mass is 10.2. The van der Waals surface area contributed by atoms with Gasteiger partial charge in [-0.15, -0.1) is 0 Å². The number of rotatable bonds is 6. The standard InChI is InChI=1S/C17H21ClN4O/c18-16-4-2-15(3-5-16)12-22-11-10-20(13-17(22)23)7-1-8-21-9-6-19-14-21/h2-6,9,14H,1,7-8,10-13H2/p+1. The van der Waals surface area contributed by atoms with Crippen molar-refractivity contribution in [3.63, 3.8) is 0 Å². The number of nitrogens with one attached hydrogen (secondary N) is 1. The number of H-pyrrole nitrogens is 1. The van der Waals surface area contributed by atoms with E-state index >= 15 is 0 Å². The van der Waals surface area contributed by atoms with Crippen molar-refractivity contribution in [2.75, 3.05) is 26.2 Å². The predicted molar refractivity (Wildman–Crippen MR) is 88.9 cm³/mol. The summed E-state index contributed by atoms with van der Waals surface area (Å²) in [5, 5.41) is 0.727. The number of nitrogens with zero attached hydrogens (tertiary/aromatic N) is 3. The van der Waals surface area contributed by atoms with E-state index in [9.17, 15) is 4.79 Å². The number of hydrogen-bond acceptors (Lipinski definition) is 2. The number of aryl methyl sites for hydroxylation is 1. The van der Waals surface area contributed by atoms with Gasteiger partial charge in [0.25, 0.3) is 0 Å². The number of hydrogen-bond donors (Lipinski definition) is 1. The summed E-state index contributed by atoms with van der Waals surface area (Å²) < 4.78 is 2.12. The zero-order chi connectivity index (χ0) is 16.1. The van der Waals surface area contributed by atoms with Gasteiger partial charge in [-0.1, -0.05) is 23.7 Å². The third-order valence-electron chi connectivity index (χ3n) is 4.18. The van der Waals surface area contributed by atoms with Gasteiger partial charge in [0, 0.05) is 31.2 Å². The van der Waals surface area contributed by atoms with E-state index in [1.807, 2.05) is 47.9 Å². The molecule has 1 aromatic heterocycles. The zero-order valence-electron chi connectivity index (χ0n) is 13.1. The number of carbonyl (C=O) groups is 1. The fourth-order valence-electron chi connectivity index (χ4n) is 2.86. The first-order valence-electron chi connectivity index (χ1n) is 7.97. The van der Waals surface area contributed by atoms with Gasteiger partial charge in [-0.3, -0.25) is 14.7 Å². The molecule has 0 bridgehead atoms. The number of aromatic nitrogens is 2. The Morgan fingerprint density at radius 3 is 2.74 bits per heavy atom. The number of imidazole rings is 1. The first-order valence-corrected chi connectivity index (χ1v) is 8.35. The molecule has 0 radical (unpaired) electrons. The Bertz CT molecular complexity index is 627. The lowest BCUT2D eigenvalue weighted by Gasteiger charge is -2.34. The van der Waals surface area contributed by atoms with Crippen molar-refractivity contribution in [3.8, 4) is 0 Å². The summed E-state index contributed by atoms with van der Waals surface area (Å²) in [6.45, 7) is 4.85. The molecule has 1 saturated heterocycles. The van der Waals surface area contributed by atoms with E-state index in [2.05, 4.69) is 14.5 Å². The van der Waals surface area contributed by atoms with E-state index in [4.69, 9.17) is 11.6 Å². The minimum atomic E-state index is 0.209. The third-order valence-corrected chi connectivity index (χ3v) is 4.43. The molecule has 0 aliphatic carbocycles. The van der Waals surface area contributed by atoms with E-state index in [0.717, 1.165) is 43.2 Å². The van der Waals surface area contributed by atoms with Crippen molar-refractivity contribution in [3.05, 3.63) is 53.6 Å². The summed E-state index contributed by atoms with van der Waals surface area (Å²) in [6.07, 6.45) is 6.94. The van der Waals surface area contributed by atoms with Crippen LogP contribution in [0.4, 0.5) is 0 Å². The smallest absolute Gasteiger partial charge is 0.241 e. The van der Waals surface area contributed by atoms with Gasteiger partial charge in [-0.25, -0.2) is 4.57 Å². The summed E-state index contributed by atoms with van der Waals surface area (Å²) >= 11 is 5.90. The highest BCUT2D eigenvalue weighted by Gasteiger charge is 2.23. The second-order valence-corrected chi connectivity index (χ2v) is 6.36. The quantitative estimate of drug-likeness (QED) is 0.818. The van der Waals surface area contributed by atoms with E-state index in [-0.39, 0.29) is 5.91 Å². The van der Waals surface area contributed by atoms with Gasteiger partial charge >= 0.3 is 0 Å². The van der Waals surface area contributed by atoms with Crippen LogP contribution in [0.3, 0.4) is 0 Å². The monoisotopic (exact) mass is 333 g/mol. The first-order chi connectivity index (χ1) is 11.2. The largest absolute Gasteiger partial charge is 0.336 e. The molecular weight excluding hydrogens is 312 g/mol. The number of piperazine rings is 1. The molecule has 0 spiro atoms. The maximum Gasteiger partial charge on any atom is 0.241 e. The van der Waals surface area contributed by atoms with Gasteiger partial charge in [-0.2, -0.15) is 0 Å². The number of benzene rings is 1. The summed E-state index contributed by atoms with van der Waals surface area (Å²) in [5.74, 6) is 0.209. The molecule has 0 unspecified atom stereocenters. The van der Waals surface area contributed by atoms with Crippen molar-refractivity contribution in [1.82, 2.24) is 14.8 Å². The maximum absolute atomic E-state index is 12.3. The van der Waals surface area contributed by atoms with Crippen LogP contribution in [0.5, 0.6) is 0 Å². The van der Waals surface area contributed by atoms with Crippen molar-refractivity contribution < 1.29 is 9.36 Å². The van der Waals surface area contributed by atoms with E-state index in [0.29, 0.717) is 13.1 Å². The molecule has 1 amide bonds. The second-order valence-electron chi connectivity index (χ2n) is 5.92. The Kier molecular flexibility index (Phi) is 5.31. The summed E-state index contributed by atoms with van der Waals surface area (Å²) in [4.78, 5) is 19.5. The van der Waals surface area contributed by atoms with Crippen molar-refractivity contribution in [2.45, 2.75) is 19.5 Å². The van der Waals surface area contributed by atoms with Gasteiger partial charge in [0.15, 0.2) is 0 Å². The molecular formula is C17H22ClN4O+. The predicted octanol–water partition coefficient (Wildman–Crippen LogP) is 1.69.